The van der Waals surface area contributed by atoms with Crippen LogP contribution in [0.1, 0.15) is 44.3 Å². The summed E-state index contributed by atoms with van der Waals surface area (Å²) in [7, 11) is 0. The van der Waals surface area contributed by atoms with Gasteiger partial charge < -0.3 is 9.73 Å². The SMILES string of the molecule is O=C(CCc1ccco1)NN1C(=O)NC2(CCCCC2)C1=O. The number of hydrogen-bond donors (Lipinski definition) is 2. The van der Waals surface area contributed by atoms with E-state index in [9.17, 15) is 14.4 Å². The standard InChI is InChI=1S/C15H19N3O4/c19-12(7-6-11-5-4-10-22-11)17-18-13(20)15(16-14(18)21)8-2-1-3-9-15/h4-5,10H,1-3,6-9H2,(H,16,21)(H,17,19). The van der Waals surface area contributed by atoms with E-state index >= 15 is 0 Å². The van der Waals surface area contributed by atoms with Gasteiger partial charge in [0.05, 0.1) is 6.26 Å². The molecule has 118 valence electrons. The van der Waals surface area contributed by atoms with Gasteiger partial charge in [-0.05, 0) is 25.0 Å². The molecule has 0 radical (unpaired) electrons. The molecule has 3 rings (SSSR count). The Bertz CT molecular complexity index is 576. The second kappa shape index (κ2) is 5.82. The summed E-state index contributed by atoms with van der Waals surface area (Å²) in [5.41, 5.74) is 1.59. The Balaban J connectivity index is 1.58. The fourth-order valence-electron chi connectivity index (χ4n) is 3.09. The Morgan fingerprint density at radius 2 is 2.09 bits per heavy atom. The maximum Gasteiger partial charge on any atom is 0.344 e. The Morgan fingerprint density at radius 1 is 1.32 bits per heavy atom. The molecule has 0 aromatic carbocycles. The number of imide groups is 1. The van der Waals surface area contributed by atoms with Crippen molar-refractivity contribution in [2.75, 3.05) is 0 Å². The van der Waals surface area contributed by atoms with E-state index in [0.717, 1.165) is 24.3 Å². The van der Waals surface area contributed by atoms with Crippen LogP contribution < -0.4 is 10.7 Å². The lowest BCUT2D eigenvalue weighted by molar-refractivity contribution is -0.139. The number of carbonyl (C=O) groups is 3. The van der Waals surface area contributed by atoms with Crippen LogP contribution in [0.3, 0.4) is 0 Å². The lowest BCUT2D eigenvalue weighted by Crippen LogP contribution is -2.50. The fraction of sp³-hybridized carbons (Fsp3) is 0.533. The van der Waals surface area contributed by atoms with Crippen LogP contribution in [0.4, 0.5) is 4.79 Å². The second-order valence-corrected chi connectivity index (χ2v) is 5.83. The van der Waals surface area contributed by atoms with E-state index in [0.29, 0.717) is 25.0 Å². The molecule has 7 heteroatoms. The first kappa shape index (κ1) is 14.6. The number of hydrazine groups is 1. The summed E-state index contributed by atoms with van der Waals surface area (Å²) in [4.78, 5) is 36.4. The van der Waals surface area contributed by atoms with Crippen molar-refractivity contribution in [3.8, 4) is 0 Å². The zero-order valence-corrected chi connectivity index (χ0v) is 12.3. The van der Waals surface area contributed by atoms with Crippen molar-refractivity contribution in [3.63, 3.8) is 0 Å². The van der Waals surface area contributed by atoms with E-state index < -0.39 is 11.6 Å². The minimum atomic E-state index is -0.816. The molecule has 1 saturated heterocycles. The van der Waals surface area contributed by atoms with Gasteiger partial charge in [0.2, 0.25) is 5.91 Å². The van der Waals surface area contributed by atoms with Crippen LogP contribution in [0.5, 0.6) is 0 Å². The van der Waals surface area contributed by atoms with Crippen LogP contribution in [0.15, 0.2) is 22.8 Å². The number of amides is 4. The van der Waals surface area contributed by atoms with Gasteiger partial charge in [-0.1, -0.05) is 19.3 Å². The van der Waals surface area contributed by atoms with Crippen LogP contribution in [0.2, 0.25) is 0 Å². The maximum atomic E-state index is 12.5. The van der Waals surface area contributed by atoms with Gasteiger partial charge in [-0.2, -0.15) is 5.01 Å². The Hall–Kier alpha value is -2.31. The van der Waals surface area contributed by atoms with Gasteiger partial charge in [0, 0.05) is 12.8 Å². The molecule has 1 spiro atoms. The fourth-order valence-corrected chi connectivity index (χ4v) is 3.09. The molecule has 0 unspecified atom stereocenters. The highest BCUT2D eigenvalue weighted by atomic mass is 16.3. The van der Waals surface area contributed by atoms with Crippen LogP contribution >= 0.6 is 0 Å². The van der Waals surface area contributed by atoms with Gasteiger partial charge in [0.25, 0.3) is 5.91 Å². The number of carbonyl (C=O) groups excluding carboxylic acids is 3. The molecule has 2 aliphatic rings. The highest BCUT2D eigenvalue weighted by molar-refractivity contribution is 6.07. The van der Waals surface area contributed by atoms with Crippen LogP contribution in [0, 0.1) is 0 Å². The van der Waals surface area contributed by atoms with E-state index in [-0.39, 0.29) is 18.2 Å². The average molecular weight is 305 g/mol. The lowest BCUT2D eigenvalue weighted by Gasteiger charge is -2.30. The van der Waals surface area contributed by atoms with Crippen molar-refractivity contribution in [2.24, 2.45) is 0 Å². The average Bonchev–Trinajstić information content (AvgIpc) is 3.10. The second-order valence-electron chi connectivity index (χ2n) is 5.83. The Morgan fingerprint density at radius 3 is 2.77 bits per heavy atom. The number of rotatable bonds is 4. The molecule has 22 heavy (non-hydrogen) atoms. The molecule has 1 aromatic heterocycles. The van der Waals surface area contributed by atoms with Crippen LogP contribution in [0.25, 0.3) is 0 Å². The third-order valence-electron chi connectivity index (χ3n) is 4.28. The van der Waals surface area contributed by atoms with E-state index in [1.165, 1.54) is 6.26 Å². The predicted molar refractivity (Wildman–Crippen MR) is 76.4 cm³/mol. The molecule has 1 saturated carbocycles. The molecular weight excluding hydrogens is 286 g/mol. The summed E-state index contributed by atoms with van der Waals surface area (Å²) in [6, 6.07) is 2.98. The quantitative estimate of drug-likeness (QED) is 0.825. The summed E-state index contributed by atoms with van der Waals surface area (Å²) in [5.74, 6) is -0.0348. The van der Waals surface area contributed by atoms with E-state index in [2.05, 4.69) is 10.7 Å². The molecular formula is C15H19N3O4. The van der Waals surface area contributed by atoms with Crippen LogP contribution in [-0.4, -0.2) is 28.4 Å². The topological polar surface area (TPSA) is 91.7 Å². The predicted octanol–water partition coefficient (Wildman–Crippen LogP) is 1.50. The van der Waals surface area contributed by atoms with Gasteiger partial charge in [-0.3, -0.25) is 15.0 Å². The number of furan rings is 1. The van der Waals surface area contributed by atoms with Crippen molar-refractivity contribution < 1.29 is 18.8 Å². The van der Waals surface area contributed by atoms with Gasteiger partial charge >= 0.3 is 6.03 Å². The molecule has 0 atom stereocenters. The van der Waals surface area contributed by atoms with Crippen molar-refractivity contribution in [1.82, 2.24) is 15.8 Å². The molecule has 2 N–H and O–H groups in total. The number of nitrogens with one attached hydrogen (secondary N) is 2. The van der Waals surface area contributed by atoms with Gasteiger partial charge in [-0.25, -0.2) is 4.79 Å². The first-order chi connectivity index (χ1) is 10.6. The Kier molecular flexibility index (Phi) is 3.87. The number of aryl methyl sites for hydroxylation is 1. The van der Waals surface area contributed by atoms with Crippen molar-refractivity contribution in [1.29, 1.82) is 0 Å². The van der Waals surface area contributed by atoms with E-state index in [1.807, 2.05) is 0 Å². The monoisotopic (exact) mass is 305 g/mol. The summed E-state index contributed by atoms with van der Waals surface area (Å²) in [5, 5.41) is 3.58. The van der Waals surface area contributed by atoms with Gasteiger partial charge in [-0.15, -0.1) is 0 Å². The largest absolute Gasteiger partial charge is 0.469 e. The molecule has 1 aromatic rings. The van der Waals surface area contributed by atoms with Gasteiger partial charge in [0.1, 0.15) is 11.3 Å². The van der Waals surface area contributed by atoms with Crippen molar-refractivity contribution in [3.05, 3.63) is 24.2 Å². The molecule has 4 amide bonds. The normalized spacial score (nSPS) is 20.3. The molecule has 1 aliphatic carbocycles. The maximum absolute atomic E-state index is 12.5. The minimum Gasteiger partial charge on any atom is -0.469 e. The van der Waals surface area contributed by atoms with E-state index in [1.54, 1.807) is 12.1 Å². The first-order valence-electron chi connectivity index (χ1n) is 7.59. The highest BCUT2D eigenvalue weighted by Gasteiger charge is 2.52. The lowest BCUT2D eigenvalue weighted by atomic mass is 9.82. The van der Waals surface area contributed by atoms with Crippen LogP contribution in [-0.2, 0) is 16.0 Å². The van der Waals surface area contributed by atoms with Gasteiger partial charge in [0.15, 0.2) is 0 Å². The van der Waals surface area contributed by atoms with E-state index in [4.69, 9.17) is 4.42 Å². The third-order valence-corrected chi connectivity index (χ3v) is 4.28. The third kappa shape index (κ3) is 2.70. The zero-order chi connectivity index (χ0) is 15.6. The number of nitrogens with zero attached hydrogens (tertiary/aromatic N) is 1. The number of urea groups is 1. The molecule has 2 heterocycles. The minimum absolute atomic E-state index is 0.150. The van der Waals surface area contributed by atoms with Crippen molar-refractivity contribution in [2.45, 2.75) is 50.5 Å². The smallest absolute Gasteiger partial charge is 0.344 e. The zero-order valence-electron chi connectivity index (χ0n) is 12.3. The molecule has 0 bridgehead atoms. The molecule has 1 aliphatic heterocycles. The summed E-state index contributed by atoms with van der Waals surface area (Å²) >= 11 is 0. The summed E-state index contributed by atoms with van der Waals surface area (Å²) in [6.45, 7) is 0. The molecule has 7 nitrogen and oxygen atoms in total. The summed E-state index contributed by atoms with van der Waals surface area (Å²) in [6.07, 6.45) is 6.27. The highest BCUT2D eigenvalue weighted by Crippen LogP contribution is 2.32. The number of hydrogen-bond acceptors (Lipinski definition) is 4. The first-order valence-corrected chi connectivity index (χ1v) is 7.59. The van der Waals surface area contributed by atoms with Crippen molar-refractivity contribution >= 4 is 17.8 Å². The summed E-state index contributed by atoms with van der Waals surface area (Å²) < 4.78 is 5.15. The Labute approximate surface area is 128 Å². The molecule has 2 fully saturated rings.